The number of sulfonamides is 1. The van der Waals surface area contributed by atoms with Gasteiger partial charge in [0.05, 0.1) is 0 Å². The molecule has 0 aliphatic rings. The third kappa shape index (κ3) is 2.92. The van der Waals surface area contributed by atoms with Crippen molar-refractivity contribution in [3.8, 4) is 11.4 Å². The Morgan fingerprint density at radius 1 is 1.15 bits per heavy atom. The summed E-state index contributed by atoms with van der Waals surface area (Å²) in [5, 5.41) is 12.7. The van der Waals surface area contributed by atoms with E-state index in [1.54, 1.807) is 0 Å². The molecule has 6 nitrogen and oxygen atoms in total. The highest BCUT2D eigenvalue weighted by molar-refractivity contribution is 9.10. The van der Waals surface area contributed by atoms with Crippen molar-refractivity contribution < 1.29 is 8.42 Å². The van der Waals surface area contributed by atoms with Crippen LogP contribution in [0.1, 0.15) is 20.8 Å². The molecule has 20 heavy (non-hydrogen) atoms. The van der Waals surface area contributed by atoms with Crippen molar-refractivity contribution in [2.75, 3.05) is 0 Å². The summed E-state index contributed by atoms with van der Waals surface area (Å²) in [6.07, 6.45) is 0. The lowest BCUT2D eigenvalue weighted by Gasteiger charge is -2.24. The van der Waals surface area contributed by atoms with Gasteiger partial charge in [-0.2, -0.15) is 0 Å². The summed E-state index contributed by atoms with van der Waals surface area (Å²) < 4.78 is 25.8. The Kier molecular flexibility index (Phi) is 3.74. The van der Waals surface area contributed by atoms with Crippen molar-refractivity contribution >= 4 is 26.0 Å². The number of nitrogens with two attached hydrogens (primary N) is 1. The van der Waals surface area contributed by atoms with E-state index in [4.69, 9.17) is 5.14 Å². The maximum atomic E-state index is 11.6. The van der Waals surface area contributed by atoms with Gasteiger partial charge in [-0.05, 0) is 32.9 Å². The van der Waals surface area contributed by atoms with Crippen LogP contribution in [0.2, 0.25) is 0 Å². The highest BCUT2D eigenvalue weighted by atomic mass is 79.9. The molecule has 0 aliphatic heterocycles. The molecule has 0 bridgehead atoms. The number of aromatic nitrogens is 3. The van der Waals surface area contributed by atoms with Gasteiger partial charge in [0.1, 0.15) is 0 Å². The Balaban J connectivity index is 2.72. The van der Waals surface area contributed by atoms with Crippen LogP contribution in [0.4, 0.5) is 0 Å². The highest BCUT2D eigenvalue weighted by Crippen LogP contribution is 2.28. The second kappa shape index (κ2) is 4.94. The Hall–Kier alpha value is -1.25. The van der Waals surface area contributed by atoms with Gasteiger partial charge in [0.25, 0.3) is 15.2 Å². The molecule has 0 amide bonds. The third-order valence-corrected chi connectivity index (χ3v) is 3.96. The normalized spacial score (nSPS) is 12.7. The van der Waals surface area contributed by atoms with E-state index in [1.807, 2.05) is 45.0 Å². The largest absolute Gasteiger partial charge is 0.291 e. The van der Waals surface area contributed by atoms with Crippen LogP contribution in [0.25, 0.3) is 11.4 Å². The van der Waals surface area contributed by atoms with Crippen LogP contribution in [-0.2, 0) is 15.6 Å². The zero-order valence-corrected chi connectivity index (χ0v) is 13.7. The molecule has 0 atom stereocenters. The first-order valence-electron chi connectivity index (χ1n) is 5.85. The monoisotopic (exact) mass is 358 g/mol. The number of nitrogens with zero attached hydrogens (tertiary/aromatic N) is 3. The SMILES string of the molecule is CC(C)(C)n1c(-c2ccc(Br)cc2)nnc1S(N)(=O)=O. The zero-order chi connectivity index (χ0) is 15.1. The summed E-state index contributed by atoms with van der Waals surface area (Å²) in [4.78, 5) is 0. The number of hydrogen-bond donors (Lipinski definition) is 1. The fourth-order valence-electron chi connectivity index (χ4n) is 1.84. The van der Waals surface area contributed by atoms with Crippen LogP contribution >= 0.6 is 15.9 Å². The third-order valence-electron chi connectivity index (χ3n) is 2.66. The lowest BCUT2D eigenvalue weighted by atomic mass is 10.1. The molecule has 108 valence electrons. The van der Waals surface area contributed by atoms with Crippen LogP contribution < -0.4 is 5.14 Å². The van der Waals surface area contributed by atoms with Crippen LogP contribution in [-0.4, -0.2) is 23.2 Å². The van der Waals surface area contributed by atoms with Crippen molar-refractivity contribution in [3.05, 3.63) is 28.7 Å². The van der Waals surface area contributed by atoms with Crippen molar-refractivity contribution in [1.82, 2.24) is 14.8 Å². The second-order valence-electron chi connectivity index (χ2n) is 5.36. The van der Waals surface area contributed by atoms with Gasteiger partial charge < -0.3 is 0 Å². The molecular weight excluding hydrogens is 344 g/mol. The van der Waals surface area contributed by atoms with E-state index in [0.717, 1.165) is 10.0 Å². The maximum Gasteiger partial charge on any atom is 0.273 e. The van der Waals surface area contributed by atoms with Crippen molar-refractivity contribution in [2.24, 2.45) is 5.14 Å². The molecule has 0 spiro atoms. The standard InChI is InChI=1S/C12H15BrN4O2S/c1-12(2,3)17-10(8-4-6-9(13)7-5-8)15-16-11(17)20(14,18)19/h4-7H,1-3H3,(H2,14,18,19). The molecule has 0 aliphatic carbocycles. The van der Waals surface area contributed by atoms with Crippen LogP contribution in [0.15, 0.2) is 33.9 Å². The Bertz CT molecular complexity index is 730. The maximum absolute atomic E-state index is 11.6. The van der Waals surface area contributed by atoms with Crippen molar-refractivity contribution in [2.45, 2.75) is 31.5 Å². The molecular formula is C12H15BrN4O2S. The van der Waals surface area contributed by atoms with Crippen molar-refractivity contribution in [1.29, 1.82) is 0 Å². The minimum Gasteiger partial charge on any atom is -0.291 e. The number of hydrogen-bond acceptors (Lipinski definition) is 4. The van der Waals surface area contributed by atoms with Crippen molar-refractivity contribution in [3.63, 3.8) is 0 Å². The van der Waals surface area contributed by atoms with Gasteiger partial charge in [-0.25, -0.2) is 13.6 Å². The van der Waals surface area contributed by atoms with Gasteiger partial charge in [-0.3, -0.25) is 4.57 Å². The smallest absolute Gasteiger partial charge is 0.273 e. The van der Waals surface area contributed by atoms with Gasteiger partial charge in [-0.1, -0.05) is 28.1 Å². The number of halogens is 1. The average molecular weight is 359 g/mol. The van der Waals surface area contributed by atoms with E-state index >= 15 is 0 Å². The minimum absolute atomic E-state index is 0.233. The zero-order valence-electron chi connectivity index (χ0n) is 11.3. The van der Waals surface area contributed by atoms with E-state index in [9.17, 15) is 8.42 Å². The fraction of sp³-hybridized carbons (Fsp3) is 0.333. The second-order valence-corrected chi connectivity index (χ2v) is 7.74. The van der Waals surface area contributed by atoms with Crippen LogP contribution in [0.3, 0.4) is 0 Å². The van der Waals surface area contributed by atoms with E-state index in [1.165, 1.54) is 4.57 Å². The Labute approximate surface area is 126 Å². The fourth-order valence-corrected chi connectivity index (χ4v) is 2.88. The molecule has 1 aromatic heterocycles. The summed E-state index contributed by atoms with van der Waals surface area (Å²) >= 11 is 3.35. The quantitative estimate of drug-likeness (QED) is 0.889. The molecule has 2 rings (SSSR count). The average Bonchev–Trinajstić information content (AvgIpc) is 2.73. The minimum atomic E-state index is -3.93. The topological polar surface area (TPSA) is 90.9 Å². The Morgan fingerprint density at radius 2 is 1.70 bits per heavy atom. The lowest BCUT2D eigenvalue weighted by Crippen LogP contribution is -2.29. The van der Waals surface area contributed by atoms with Gasteiger partial charge in [-0.15, -0.1) is 10.2 Å². The molecule has 1 aromatic carbocycles. The predicted octanol–water partition coefficient (Wildman–Crippen LogP) is 2.11. The predicted molar refractivity (Wildman–Crippen MR) is 79.5 cm³/mol. The molecule has 2 aromatic rings. The molecule has 8 heteroatoms. The molecule has 2 N–H and O–H groups in total. The number of primary sulfonamides is 1. The van der Waals surface area contributed by atoms with Gasteiger partial charge in [0.15, 0.2) is 5.82 Å². The summed E-state index contributed by atoms with van der Waals surface area (Å²) in [7, 11) is -3.93. The molecule has 0 saturated carbocycles. The summed E-state index contributed by atoms with van der Waals surface area (Å²) in [6.45, 7) is 5.61. The highest BCUT2D eigenvalue weighted by Gasteiger charge is 2.29. The van der Waals surface area contributed by atoms with Gasteiger partial charge in [0, 0.05) is 15.6 Å². The summed E-state index contributed by atoms with van der Waals surface area (Å²) in [6, 6.07) is 7.38. The van der Waals surface area contributed by atoms with E-state index < -0.39 is 15.6 Å². The van der Waals surface area contributed by atoms with Gasteiger partial charge in [0.2, 0.25) is 0 Å². The van der Waals surface area contributed by atoms with E-state index in [-0.39, 0.29) is 5.16 Å². The number of benzene rings is 1. The molecule has 0 saturated heterocycles. The first-order valence-corrected chi connectivity index (χ1v) is 8.19. The van der Waals surface area contributed by atoms with Crippen LogP contribution in [0, 0.1) is 0 Å². The van der Waals surface area contributed by atoms with Gasteiger partial charge >= 0.3 is 0 Å². The lowest BCUT2D eigenvalue weighted by molar-refractivity contribution is 0.366. The van der Waals surface area contributed by atoms with Crippen LogP contribution in [0.5, 0.6) is 0 Å². The first kappa shape index (κ1) is 15.1. The molecule has 1 heterocycles. The summed E-state index contributed by atoms with van der Waals surface area (Å²) in [5.41, 5.74) is 0.249. The Morgan fingerprint density at radius 3 is 2.15 bits per heavy atom. The molecule has 0 fully saturated rings. The molecule has 0 unspecified atom stereocenters. The number of rotatable bonds is 2. The van der Waals surface area contributed by atoms with E-state index in [0.29, 0.717) is 5.82 Å². The van der Waals surface area contributed by atoms with E-state index in [2.05, 4.69) is 26.1 Å². The summed E-state index contributed by atoms with van der Waals surface area (Å²) in [5.74, 6) is 0.467. The molecule has 0 radical (unpaired) electrons. The first-order chi connectivity index (χ1) is 9.10.